The Morgan fingerprint density at radius 3 is 2.37 bits per heavy atom. The molecule has 1 aromatic rings. The SMILES string of the molecule is CCc1ccccc1C(O)C1(CN)CCCCCC1. The molecule has 0 aliphatic heterocycles. The van der Waals surface area contributed by atoms with Crippen LogP contribution in [-0.4, -0.2) is 11.7 Å². The van der Waals surface area contributed by atoms with Gasteiger partial charge < -0.3 is 10.8 Å². The second-order valence-corrected chi connectivity index (χ2v) is 5.94. The highest BCUT2D eigenvalue weighted by atomic mass is 16.3. The van der Waals surface area contributed by atoms with Crippen molar-refractivity contribution in [2.45, 2.75) is 58.0 Å². The highest BCUT2D eigenvalue weighted by molar-refractivity contribution is 5.30. The highest BCUT2D eigenvalue weighted by Gasteiger charge is 2.38. The van der Waals surface area contributed by atoms with Crippen molar-refractivity contribution in [3.05, 3.63) is 35.4 Å². The van der Waals surface area contributed by atoms with Crippen LogP contribution in [0.2, 0.25) is 0 Å². The van der Waals surface area contributed by atoms with Crippen molar-refractivity contribution in [1.82, 2.24) is 0 Å². The van der Waals surface area contributed by atoms with Gasteiger partial charge >= 0.3 is 0 Å². The molecule has 2 nitrogen and oxygen atoms in total. The lowest BCUT2D eigenvalue weighted by Crippen LogP contribution is -2.36. The van der Waals surface area contributed by atoms with Gasteiger partial charge in [-0.05, 0) is 30.4 Å². The molecule has 1 aliphatic carbocycles. The van der Waals surface area contributed by atoms with Crippen LogP contribution in [0.25, 0.3) is 0 Å². The zero-order valence-electron chi connectivity index (χ0n) is 12.1. The second-order valence-electron chi connectivity index (χ2n) is 5.94. The first-order chi connectivity index (χ1) is 9.23. The Hall–Kier alpha value is -0.860. The molecule has 19 heavy (non-hydrogen) atoms. The van der Waals surface area contributed by atoms with Crippen LogP contribution in [0.15, 0.2) is 24.3 Å². The quantitative estimate of drug-likeness (QED) is 0.814. The van der Waals surface area contributed by atoms with Crippen LogP contribution in [0.3, 0.4) is 0 Å². The third-order valence-electron chi connectivity index (χ3n) is 4.82. The first-order valence-electron chi connectivity index (χ1n) is 7.69. The van der Waals surface area contributed by atoms with Crippen molar-refractivity contribution in [3.8, 4) is 0 Å². The van der Waals surface area contributed by atoms with E-state index >= 15 is 0 Å². The van der Waals surface area contributed by atoms with Crippen LogP contribution in [0.1, 0.15) is 62.7 Å². The summed E-state index contributed by atoms with van der Waals surface area (Å²) in [5.41, 5.74) is 8.32. The second kappa shape index (κ2) is 6.53. The normalized spacial score (nSPS) is 20.8. The zero-order valence-corrected chi connectivity index (χ0v) is 12.1. The first-order valence-corrected chi connectivity index (χ1v) is 7.69. The number of nitrogens with two attached hydrogens (primary N) is 1. The minimum absolute atomic E-state index is 0.109. The van der Waals surface area contributed by atoms with Crippen molar-refractivity contribution in [2.75, 3.05) is 6.54 Å². The molecule has 1 saturated carbocycles. The van der Waals surface area contributed by atoms with Gasteiger partial charge in [0.05, 0.1) is 6.10 Å². The van der Waals surface area contributed by atoms with Gasteiger partial charge in [0.2, 0.25) is 0 Å². The van der Waals surface area contributed by atoms with Gasteiger partial charge in [-0.25, -0.2) is 0 Å². The van der Waals surface area contributed by atoms with E-state index < -0.39 is 6.10 Å². The van der Waals surface area contributed by atoms with Gasteiger partial charge in [0, 0.05) is 12.0 Å². The lowest BCUT2D eigenvalue weighted by atomic mass is 9.72. The zero-order chi connectivity index (χ0) is 13.7. The Bertz CT molecular complexity index is 394. The van der Waals surface area contributed by atoms with E-state index in [9.17, 15) is 5.11 Å². The molecule has 0 bridgehead atoms. The van der Waals surface area contributed by atoms with E-state index in [1.54, 1.807) is 0 Å². The van der Waals surface area contributed by atoms with Gasteiger partial charge in [-0.3, -0.25) is 0 Å². The van der Waals surface area contributed by atoms with Gasteiger partial charge in [0.15, 0.2) is 0 Å². The largest absolute Gasteiger partial charge is 0.388 e. The monoisotopic (exact) mass is 261 g/mol. The summed E-state index contributed by atoms with van der Waals surface area (Å²) < 4.78 is 0. The first kappa shape index (κ1) is 14.5. The summed E-state index contributed by atoms with van der Waals surface area (Å²) in [5, 5.41) is 11.0. The van der Waals surface area contributed by atoms with Crippen LogP contribution >= 0.6 is 0 Å². The minimum Gasteiger partial charge on any atom is -0.388 e. The number of rotatable bonds is 4. The topological polar surface area (TPSA) is 46.2 Å². The summed E-state index contributed by atoms with van der Waals surface area (Å²) in [5.74, 6) is 0. The average Bonchev–Trinajstić information content (AvgIpc) is 2.72. The van der Waals surface area contributed by atoms with Gasteiger partial charge in [-0.15, -0.1) is 0 Å². The Balaban J connectivity index is 2.31. The Morgan fingerprint density at radius 1 is 1.16 bits per heavy atom. The molecule has 0 spiro atoms. The molecule has 1 aromatic carbocycles. The summed E-state index contributed by atoms with van der Waals surface area (Å²) in [6.45, 7) is 2.74. The maximum atomic E-state index is 11.0. The predicted molar refractivity (Wildman–Crippen MR) is 80.0 cm³/mol. The number of hydrogen-bond donors (Lipinski definition) is 2. The van der Waals surface area contributed by atoms with E-state index in [0.717, 1.165) is 24.8 Å². The van der Waals surface area contributed by atoms with Crippen molar-refractivity contribution < 1.29 is 5.11 Å². The maximum absolute atomic E-state index is 11.0. The van der Waals surface area contributed by atoms with E-state index in [4.69, 9.17) is 5.73 Å². The van der Waals surface area contributed by atoms with Crippen molar-refractivity contribution in [3.63, 3.8) is 0 Å². The molecule has 0 amide bonds. The van der Waals surface area contributed by atoms with Gasteiger partial charge in [0.1, 0.15) is 0 Å². The number of hydrogen-bond acceptors (Lipinski definition) is 2. The molecule has 0 radical (unpaired) electrons. The standard InChI is InChI=1S/C17H27NO/c1-2-14-9-5-6-10-15(14)16(19)17(13-18)11-7-3-4-8-12-17/h5-6,9-10,16,19H,2-4,7-8,11-13,18H2,1H3. The number of benzene rings is 1. The number of aliphatic hydroxyl groups excluding tert-OH is 1. The molecule has 2 rings (SSSR count). The molecule has 1 unspecified atom stereocenters. The van der Waals surface area contributed by atoms with Crippen LogP contribution in [0, 0.1) is 5.41 Å². The summed E-state index contributed by atoms with van der Waals surface area (Å²) in [7, 11) is 0. The van der Waals surface area contributed by atoms with E-state index in [2.05, 4.69) is 25.1 Å². The van der Waals surface area contributed by atoms with Crippen LogP contribution in [0.5, 0.6) is 0 Å². The number of aryl methyl sites for hydroxylation is 1. The molecule has 0 saturated heterocycles. The Morgan fingerprint density at radius 2 is 1.79 bits per heavy atom. The predicted octanol–water partition coefficient (Wildman–Crippen LogP) is 3.58. The highest BCUT2D eigenvalue weighted by Crippen LogP contribution is 2.45. The third-order valence-corrected chi connectivity index (χ3v) is 4.82. The van der Waals surface area contributed by atoms with E-state index in [0.29, 0.717) is 6.54 Å². The molecular weight excluding hydrogens is 234 g/mol. The Labute approximate surface area is 117 Å². The summed E-state index contributed by atoms with van der Waals surface area (Å²) in [6.07, 6.45) is 7.63. The Kier molecular flexibility index (Phi) is 5.00. The van der Waals surface area contributed by atoms with Gasteiger partial charge in [-0.1, -0.05) is 56.9 Å². The van der Waals surface area contributed by atoms with E-state index in [-0.39, 0.29) is 5.41 Å². The van der Waals surface area contributed by atoms with Crippen LogP contribution < -0.4 is 5.73 Å². The maximum Gasteiger partial charge on any atom is 0.0860 e. The fourth-order valence-corrected chi connectivity index (χ4v) is 3.47. The average molecular weight is 261 g/mol. The molecule has 1 aliphatic rings. The van der Waals surface area contributed by atoms with Crippen molar-refractivity contribution in [1.29, 1.82) is 0 Å². The molecule has 3 N–H and O–H groups in total. The van der Waals surface area contributed by atoms with E-state index in [1.165, 1.54) is 31.2 Å². The molecule has 106 valence electrons. The van der Waals surface area contributed by atoms with Gasteiger partial charge in [-0.2, -0.15) is 0 Å². The van der Waals surface area contributed by atoms with Crippen molar-refractivity contribution >= 4 is 0 Å². The van der Waals surface area contributed by atoms with E-state index in [1.807, 2.05) is 6.07 Å². The fraction of sp³-hybridized carbons (Fsp3) is 0.647. The number of aliphatic hydroxyl groups is 1. The molecule has 2 heteroatoms. The lowest BCUT2D eigenvalue weighted by Gasteiger charge is -2.37. The smallest absolute Gasteiger partial charge is 0.0860 e. The molecule has 0 aromatic heterocycles. The van der Waals surface area contributed by atoms with Crippen LogP contribution in [-0.2, 0) is 6.42 Å². The molecule has 0 heterocycles. The lowest BCUT2D eigenvalue weighted by molar-refractivity contribution is 0.0161. The fourth-order valence-electron chi connectivity index (χ4n) is 3.47. The third kappa shape index (κ3) is 3.01. The van der Waals surface area contributed by atoms with Gasteiger partial charge in [0.25, 0.3) is 0 Å². The minimum atomic E-state index is -0.410. The summed E-state index contributed by atoms with van der Waals surface area (Å²) in [4.78, 5) is 0. The molecular formula is C17H27NO. The molecule has 1 atom stereocenters. The summed E-state index contributed by atoms with van der Waals surface area (Å²) >= 11 is 0. The summed E-state index contributed by atoms with van der Waals surface area (Å²) in [6, 6.07) is 8.28. The van der Waals surface area contributed by atoms with Crippen molar-refractivity contribution in [2.24, 2.45) is 11.1 Å². The van der Waals surface area contributed by atoms with Crippen LogP contribution in [0.4, 0.5) is 0 Å². The molecule has 1 fully saturated rings.